The predicted octanol–water partition coefficient (Wildman–Crippen LogP) is 0.122. The second-order valence-corrected chi connectivity index (χ2v) is 5.17. The van der Waals surface area contributed by atoms with Gasteiger partial charge in [-0.25, -0.2) is 0 Å². The fourth-order valence-corrected chi connectivity index (χ4v) is 3.09. The van der Waals surface area contributed by atoms with Crippen LogP contribution in [-0.4, -0.2) is 46.3 Å². The zero-order valence-corrected chi connectivity index (χ0v) is 10.9. The Balaban J connectivity index is 1.85. The van der Waals surface area contributed by atoms with Crippen molar-refractivity contribution >= 4 is 17.4 Å². The van der Waals surface area contributed by atoms with Crippen LogP contribution in [0.3, 0.4) is 0 Å². The lowest BCUT2D eigenvalue weighted by atomic mass is 10.1. The molecule has 6 heteroatoms. The lowest BCUT2D eigenvalue weighted by Crippen LogP contribution is -2.52. The first-order chi connectivity index (χ1) is 8.58. The summed E-state index contributed by atoms with van der Waals surface area (Å²) in [5, 5.41) is 4.36. The van der Waals surface area contributed by atoms with Gasteiger partial charge in [-0.3, -0.25) is 9.48 Å². The van der Waals surface area contributed by atoms with Gasteiger partial charge < -0.3 is 15.5 Å². The molecule has 2 N–H and O–H groups in total. The van der Waals surface area contributed by atoms with E-state index in [1.165, 1.54) is 0 Å². The van der Waals surface area contributed by atoms with Crippen LogP contribution in [0.15, 0.2) is 0 Å². The van der Waals surface area contributed by atoms with E-state index in [0.29, 0.717) is 18.4 Å². The Morgan fingerprint density at radius 3 is 2.83 bits per heavy atom. The first-order valence-corrected chi connectivity index (χ1v) is 6.41. The van der Waals surface area contributed by atoms with Gasteiger partial charge in [0.25, 0.3) is 0 Å². The van der Waals surface area contributed by atoms with Gasteiger partial charge in [0.05, 0.1) is 11.4 Å². The summed E-state index contributed by atoms with van der Waals surface area (Å²) in [6.07, 6.45) is 1.66. The molecule has 1 aromatic heterocycles. The predicted molar refractivity (Wildman–Crippen MR) is 69.3 cm³/mol. The highest BCUT2D eigenvalue weighted by Gasteiger charge is 2.36. The van der Waals surface area contributed by atoms with Crippen molar-refractivity contribution in [1.29, 1.82) is 0 Å². The molecule has 1 aromatic rings. The van der Waals surface area contributed by atoms with Gasteiger partial charge in [0, 0.05) is 39.1 Å². The summed E-state index contributed by atoms with van der Waals surface area (Å²) in [7, 11) is 1.92. The van der Waals surface area contributed by atoms with Crippen LogP contribution < -0.4 is 10.6 Å². The minimum Gasteiger partial charge on any atom is -0.394 e. The Morgan fingerprint density at radius 2 is 2.17 bits per heavy atom. The molecule has 1 atom stereocenters. The lowest BCUT2D eigenvalue weighted by molar-refractivity contribution is -0.129. The van der Waals surface area contributed by atoms with Crippen LogP contribution in [0.5, 0.6) is 0 Å². The number of piperazine rings is 1. The zero-order valence-electron chi connectivity index (χ0n) is 10.9. The van der Waals surface area contributed by atoms with Crippen LogP contribution in [0, 0.1) is 6.92 Å². The molecule has 3 rings (SSSR count). The van der Waals surface area contributed by atoms with Crippen LogP contribution in [0.4, 0.5) is 11.5 Å². The van der Waals surface area contributed by atoms with E-state index in [1.807, 2.05) is 23.6 Å². The van der Waals surface area contributed by atoms with Gasteiger partial charge >= 0.3 is 0 Å². The molecule has 0 radical (unpaired) electrons. The number of aryl methyl sites for hydroxylation is 2. The minimum absolute atomic E-state index is 0.300. The van der Waals surface area contributed by atoms with Gasteiger partial charge in [-0.05, 0) is 13.3 Å². The molecule has 2 aliphatic heterocycles. The fraction of sp³-hybridized carbons (Fsp3) is 0.667. The number of nitrogens with two attached hydrogens (primary N) is 1. The second-order valence-electron chi connectivity index (χ2n) is 5.17. The molecule has 2 saturated heterocycles. The van der Waals surface area contributed by atoms with Crippen molar-refractivity contribution in [3.63, 3.8) is 0 Å². The summed E-state index contributed by atoms with van der Waals surface area (Å²) in [6, 6.07) is 0.348. The number of rotatable bonds is 1. The summed E-state index contributed by atoms with van der Waals surface area (Å²) in [6.45, 7) is 4.43. The molecule has 0 aromatic carbocycles. The highest BCUT2D eigenvalue weighted by molar-refractivity contribution is 5.79. The summed E-state index contributed by atoms with van der Waals surface area (Å²) < 4.78 is 1.84. The molecule has 0 saturated carbocycles. The van der Waals surface area contributed by atoms with Crippen LogP contribution in [-0.2, 0) is 11.8 Å². The first kappa shape index (κ1) is 11.4. The lowest BCUT2D eigenvalue weighted by Gasteiger charge is -2.38. The van der Waals surface area contributed by atoms with E-state index in [0.717, 1.165) is 43.3 Å². The number of fused-ring (bicyclic) bond motifs is 1. The van der Waals surface area contributed by atoms with E-state index in [-0.39, 0.29) is 0 Å². The Morgan fingerprint density at radius 1 is 1.39 bits per heavy atom. The van der Waals surface area contributed by atoms with Crippen molar-refractivity contribution in [1.82, 2.24) is 14.7 Å². The maximum absolute atomic E-state index is 11.7. The Kier molecular flexibility index (Phi) is 2.46. The molecule has 1 amide bonds. The molecule has 98 valence electrons. The molecule has 0 bridgehead atoms. The number of anilines is 2. The van der Waals surface area contributed by atoms with Crippen molar-refractivity contribution < 1.29 is 4.79 Å². The summed E-state index contributed by atoms with van der Waals surface area (Å²) >= 11 is 0. The Labute approximate surface area is 106 Å². The van der Waals surface area contributed by atoms with Gasteiger partial charge in [-0.2, -0.15) is 5.10 Å². The van der Waals surface area contributed by atoms with Crippen LogP contribution >= 0.6 is 0 Å². The van der Waals surface area contributed by atoms with Gasteiger partial charge in [0.1, 0.15) is 0 Å². The number of hydrogen-bond acceptors (Lipinski definition) is 4. The van der Waals surface area contributed by atoms with E-state index in [9.17, 15) is 4.79 Å². The van der Waals surface area contributed by atoms with E-state index in [4.69, 9.17) is 5.73 Å². The molecule has 6 nitrogen and oxygen atoms in total. The normalized spacial score (nSPS) is 23.7. The number of nitrogens with zero attached hydrogens (tertiary/aromatic N) is 4. The van der Waals surface area contributed by atoms with Crippen LogP contribution in [0.2, 0.25) is 0 Å². The highest BCUT2D eigenvalue weighted by atomic mass is 16.2. The van der Waals surface area contributed by atoms with Gasteiger partial charge in [-0.15, -0.1) is 0 Å². The third-order valence-electron chi connectivity index (χ3n) is 4.03. The molecular weight excluding hydrogens is 230 g/mol. The highest BCUT2D eigenvalue weighted by Crippen LogP contribution is 2.30. The number of amides is 1. The maximum atomic E-state index is 11.7. The number of nitrogen functional groups attached to an aromatic ring is 1. The second kappa shape index (κ2) is 3.90. The van der Waals surface area contributed by atoms with Crippen molar-refractivity contribution in [3.05, 3.63) is 5.69 Å². The van der Waals surface area contributed by atoms with Crippen molar-refractivity contribution in [2.45, 2.75) is 25.8 Å². The van der Waals surface area contributed by atoms with E-state index >= 15 is 0 Å². The Hall–Kier alpha value is -1.72. The molecule has 2 fully saturated rings. The monoisotopic (exact) mass is 249 g/mol. The molecule has 0 aliphatic carbocycles. The largest absolute Gasteiger partial charge is 0.394 e. The third kappa shape index (κ3) is 1.55. The maximum Gasteiger partial charge on any atom is 0.223 e. The van der Waals surface area contributed by atoms with Gasteiger partial charge in [-0.1, -0.05) is 0 Å². The topological polar surface area (TPSA) is 67.4 Å². The molecule has 3 heterocycles. The van der Waals surface area contributed by atoms with Crippen molar-refractivity contribution in [2.75, 3.05) is 30.3 Å². The fourth-order valence-electron chi connectivity index (χ4n) is 3.09. The summed E-state index contributed by atoms with van der Waals surface area (Å²) in [5.74, 6) is 1.29. The van der Waals surface area contributed by atoms with Gasteiger partial charge in [0.2, 0.25) is 5.91 Å². The average Bonchev–Trinajstić information content (AvgIpc) is 2.81. The molecule has 2 aliphatic rings. The quantitative estimate of drug-likeness (QED) is 0.767. The average molecular weight is 249 g/mol. The first-order valence-electron chi connectivity index (χ1n) is 6.41. The van der Waals surface area contributed by atoms with E-state index in [1.54, 1.807) is 0 Å². The summed E-state index contributed by atoms with van der Waals surface area (Å²) in [4.78, 5) is 15.9. The van der Waals surface area contributed by atoms with E-state index in [2.05, 4.69) is 10.00 Å². The zero-order chi connectivity index (χ0) is 12.9. The SMILES string of the molecule is Cc1nn(C)c(N2CCN3C(=O)CCC3C2)c1N. The van der Waals surface area contributed by atoms with Crippen molar-refractivity contribution in [2.24, 2.45) is 7.05 Å². The van der Waals surface area contributed by atoms with Crippen LogP contribution in [0.25, 0.3) is 0 Å². The molecule has 0 spiro atoms. The number of aromatic nitrogens is 2. The minimum atomic E-state index is 0.300. The summed E-state index contributed by atoms with van der Waals surface area (Å²) in [5.41, 5.74) is 7.73. The Bertz CT molecular complexity index is 495. The number of carbonyl (C=O) groups is 1. The third-order valence-corrected chi connectivity index (χ3v) is 4.03. The van der Waals surface area contributed by atoms with E-state index < -0.39 is 0 Å². The molecule has 1 unspecified atom stereocenters. The number of hydrogen-bond donors (Lipinski definition) is 1. The molecule has 18 heavy (non-hydrogen) atoms. The number of carbonyl (C=O) groups excluding carboxylic acids is 1. The standard InChI is InChI=1S/C12H19N5O/c1-8-11(13)12(15(2)14-8)16-5-6-17-9(7-16)3-4-10(17)18/h9H,3-7,13H2,1-2H3. The smallest absolute Gasteiger partial charge is 0.223 e. The van der Waals surface area contributed by atoms with Crippen LogP contribution in [0.1, 0.15) is 18.5 Å². The van der Waals surface area contributed by atoms with Crippen molar-refractivity contribution in [3.8, 4) is 0 Å². The van der Waals surface area contributed by atoms with Gasteiger partial charge in [0.15, 0.2) is 5.82 Å². The molecular formula is C12H19N5O.